The first-order valence-corrected chi connectivity index (χ1v) is 9.14. The number of carbonyl (C=O) groups excluding carboxylic acids is 1. The van der Waals surface area contributed by atoms with Crippen LogP contribution in [0, 0.1) is 0 Å². The molecular formula is C19H27N5O2. The predicted octanol–water partition coefficient (Wildman–Crippen LogP) is 1.65. The fourth-order valence-electron chi connectivity index (χ4n) is 3.25. The molecule has 2 aromatic heterocycles. The van der Waals surface area contributed by atoms with Crippen molar-refractivity contribution >= 4 is 11.7 Å². The molecule has 0 radical (unpaired) electrons. The molecule has 140 valence electrons. The Morgan fingerprint density at radius 1 is 1.35 bits per heavy atom. The monoisotopic (exact) mass is 357 g/mol. The third kappa shape index (κ3) is 4.82. The van der Waals surface area contributed by atoms with E-state index >= 15 is 0 Å². The van der Waals surface area contributed by atoms with Gasteiger partial charge in [0.1, 0.15) is 5.82 Å². The van der Waals surface area contributed by atoms with E-state index in [1.807, 2.05) is 42.0 Å². The lowest BCUT2D eigenvalue weighted by molar-refractivity contribution is -0.138. The van der Waals surface area contributed by atoms with Gasteiger partial charge in [0, 0.05) is 51.7 Å². The van der Waals surface area contributed by atoms with Gasteiger partial charge in [-0.15, -0.1) is 0 Å². The molecule has 3 heterocycles. The Morgan fingerprint density at radius 2 is 2.23 bits per heavy atom. The molecule has 0 aromatic carbocycles. The number of carbonyl (C=O) groups is 1. The summed E-state index contributed by atoms with van der Waals surface area (Å²) in [5, 5.41) is 7.20. The second-order valence-electron chi connectivity index (χ2n) is 6.62. The van der Waals surface area contributed by atoms with Crippen LogP contribution in [0.5, 0.6) is 0 Å². The largest absolute Gasteiger partial charge is 0.375 e. The molecule has 1 atom stereocenters. The summed E-state index contributed by atoms with van der Waals surface area (Å²) in [6, 6.07) is 6.05. The Bertz CT molecular complexity index is 730. The van der Waals surface area contributed by atoms with E-state index in [1.54, 1.807) is 6.20 Å². The number of aromatic nitrogens is 3. The Balaban J connectivity index is 1.47. The first-order chi connectivity index (χ1) is 12.7. The smallest absolute Gasteiger partial charge is 0.223 e. The van der Waals surface area contributed by atoms with Crippen LogP contribution >= 0.6 is 0 Å². The van der Waals surface area contributed by atoms with Gasteiger partial charge in [-0.2, -0.15) is 5.10 Å². The van der Waals surface area contributed by atoms with Crippen LogP contribution in [0.15, 0.2) is 30.6 Å². The number of hydrogen-bond donors (Lipinski definition) is 1. The standard InChI is InChI=1S/C19H27N5O2/c1-20-18-13-15(7-9-21-18)3-5-17-14-24(11-12-26-17)19(25)6-4-16-8-10-22-23(16)2/h7-10,13,17H,3-6,11-12,14H2,1-2H3,(H,20,21). The summed E-state index contributed by atoms with van der Waals surface area (Å²) >= 11 is 0. The number of nitrogens with one attached hydrogen (secondary N) is 1. The lowest BCUT2D eigenvalue weighted by Gasteiger charge is -2.33. The van der Waals surface area contributed by atoms with E-state index in [9.17, 15) is 4.79 Å². The molecule has 1 amide bonds. The molecule has 26 heavy (non-hydrogen) atoms. The van der Waals surface area contributed by atoms with Crippen molar-refractivity contribution in [1.29, 1.82) is 0 Å². The molecule has 7 nitrogen and oxygen atoms in total. The molecule has 0 aliphatic carbocycles. The van der Waals surface area contributed by atoms with E-state index in [-0.39, 0.29) is 12.0 Å². The Kier molecular flexibility index (Phi) is 6.22. The number of hydrogen-bond acceptors (Lipinski definition) is 5. The number of pyridine rings is 1. The SMILES string of the molecule is CNc1cc(CCC2CN(C(=O)CCc3ccnn3C)CCO2)ccn1. The average molecular weight is 357 g/mol. The zero-order valence-corrected chi connectivity index (χ0v) is 15.5. The van der Waals surface area contributed by atoms with Gasteiger partial charge in [-0.25, -0.2) is 4.98 Å². The minimum atomic E-state index is 0.0932. The van der Waals surface area contributed by atoms with Crippen molar-refractivity contribution in [3.05, 3.63) is 41.9 Å². The summed E-state index contributed by atoms with van der Waals surface area (Å²) < 4.78 is 7.69. The maximum Gasteiger partial charge on any atom is 0.223 e. The van der Waals surface area contributed by atoms with Gasteiger partial charge in [0.05, 0.1) is 12.7 Å². The van der Waals surface area contributed by atoms with Crippen molar-refractivity contribution in [3.8, 4) is 0 Å². The first-order valence-electron chi connectivity index (χ1n) is 9.14. The van der Waals surface area contributed by atoms with Gasteiger partial charge < -0.3 is 15.0 Å². The molecule has 7 heteroatoms. The van der Waals surface area contributed by atoms with Crippen LogP contribution < -0.4 is 5.32 Å². The van der Waals surface area contributed by atoms with E-state index in [0.717, 1.165) is 30.8 Å². The molecule has 1 saturated heterocycles. The molecule has 1 aliphatic heterocycles. The van der Waals surface area contributed by atoms with E-state index in [0.29, 0.717) is 26.1 Å². The van der Waals surface area contributed by atoms with Crippen molar-refractivity contribution in [1.82, 2.24) is 19.7 Å². The minimum absolute atomic E-state index is 0.0932. The van der Waals surface area contributed by atoms with Gasteiger partial charge in [-0.05, 0) is 43.0 Å². The van der Waals surface area contributed by atoms with Crippen molar-refractivity contribution in [3.63, 3.8) is 0 Å². The van der Waals surface area contributed by atoms with Gasteiger partial charge in [0.15, 0.2) is 0 Å². The maximum absolute atomic E-state index is 12.5. The van der Waals surface area contributed by atoms with E-state index in [1.165, 1.54) is 5.56 Å². The van der Waals surface area contributed by atoms with Gasteiger partial charge >= 0.3 is 0 Å². The number of ether oxygens (including phenoxy) is 1. The van der Waals surface area contributed by atoms with Crippen molar-refractivity contribution < 1.29 is 9.53 Å². The fourth-order valence-corrected chi connectivity index (χ4v) is 3.25. The number of aryl methyl sites for hydroxylation is 3. The summed E-state index contributed by atoms with van der Waals surface area (Å²) in [6.07, 6.45) is 6.73. The third-order valence-corrected chi connectivity index (χ3v) is 4.84. The second-order valence-corrected chi connectivity index (χ2v) is 6.62. The van der Waals surface area contributed by atoms with Crippen LogP contribution in [0.3, 0.4) is 0 Å². The van der Waals surface area contributed by atoms with Crippen molar-refractivity contribution in [2.24, 2.45) is 7.05 Å². The number of anilines is 1. The second kappa shape index (κ2) is 8.80. The fraction of sp³-hybridized carbons (Fsp3) is 0.526. The van der Waals surface area contributed by atoms with Crippen LogP contribution in [-0.2, 0) is 29.4 Å². The maximum atomic E-state index is 12.5. The average Bonchev–Trinajstić information content (AvgIpc) is 3.09. The molecule has 1 unspecified atom stereocenters. The summed E-state index contributed by atoms with van der Waals surface area (Å²) in [5.41, 5.74) is 2.31. The molecule has 0 bridgehead atoms. The number of morpholine rings is 1. The summed E-state index contributed by atoms with van der Waals surface area (Å²) in [5.74, 6) is 1.07. The van der Waals surface area contributed by atoms with Gasteiger partial charge in [-0.3, -0.25) is 9.48 Å². The van der Waals surface area contributed by atoms with Crippen LogP contribution in [0.1, 0.15) is 24.1 Å². The molecule has 0 saturated carbocycles. The van der Waals surface area contributed by atoms with E-state index < -0.39 is 0 Å². The molecular weight excluding hydrogens is 330 g/mol. The van der Waals surface area contributed by atoms with Gasteiger partial charge in [0.2, 0.25) is 5.91 Å². The molecule has 2 aromatic rings. The number of amides is 1. The minimum Gasteiger partial charge on any atom is -0.375 e. The molecule has 1 fully saturated rings. The molecule has 0 spiro atoms. The summed E-state index contributed by atoms with van der Waals surface area (Å²) in [6.45, 7) is 1.97. The quantitative estimate of drug-likeness (QED) is 0.816. The predicted molar refractivity (Wildman–Crippen MR) is 100.0 cm³/mol. The lowest BCUT2D eigenvalue weighted by Crippen LogP contribution is -2.45. The van der Waals surface area contributed by atoms with E-state index in [2.05, 4.69) is 21.5 Å². The Labute approximate surface area is 154 Å². The highest BCUT2D eigenvalue weighted by atomic mass is 16.5. The molecule has 1 aliphatic rings. The van der Waals surface area contributed by atoms with Crippen LogP contribution in [-0.4, -0.2) is 58.4 Å². The highest BCUT2D eigenvalue weighted by molar-refractivity contribution is 5.76. The van der Waals surface area contributed by atoms with Crippen LogP contribution in [0.4, 0.5) is 5.82 Å². The van der Waals surface area contributed by atoms with E-state index in [4.69, 9.17) is 4.74 Å². The lowest BCUT2D eigenvalue weighted by atomic mass is 10.1. The molecule has 3 rings (SSSR count). The highest BCUT2D eigenvalue weighted by Crippen LogP contribution is 2.15. The Morgan fingerprint density at radius 3 is 3.00 bits per heavy atom. The molecule has 1 N–H and O–H groups in total. The first kappa shape index (κ1) is 18.4. The van der Waals surface area contributed by atoms with Gasteiger partial charge in [-0.1, -0.05) is 0 Å². The van der Waals surface area contributed by atoms with Crippen molar-refractivity contribution in [2.75, 3.05) is 32.1 Å². The number of rotatable bonds is 7. The van der Waals surface area contributed by atoms with Crippen LogP contribution in [0.2, 0.25) is 0 Å². The van der Waals surface area contributed by atoms with Crippen LogP contribution in [0.25, 0.3) is 0 Å². The summed E-state index contributed by atoms with van der Waals surface area (Å²) in [7, 11) is 3.77. The van der Waals surface area contributed by atoms with Crippen molar-refractivity contribution in [2.45, 2.75) is 31.8 Å². The normalized spacial score (nSPS) is 17.3. The third-order valence-electron chi connectivity index (χ3n) is 4.84. The van der Waals surface area contributed by atoms with Gasteiger partial charge in [0.25, 0.3) is 0 Å². The highest BCUT2D eigenvalue weighted by Gasteiger charge is 2.24. The zero-order chi connectivity index (χ0) is 18.4. The number of nitrogens with zero attached hydrogens (tertiary/aromatic N) is 4. The zero-order valence-electron chi connectivity index (χ0n) is 15.5. The topological polar surface area (TPSA) is 72.3 Å². The Hall–Kier alpha value is -2.41. The summed E-state index contributed by atoms with van der Waals surface area (Å²) in [4.78, 5) is 18.7.